The van der Waals surface area contributed by atoms with Gasteiger partial charge in [-0.25, -0.2) is 0 Å². The second-order valence-corrected chi connectivity index (χ2v) is 35.7. The zero-order valence-corrected chi connectivity index (χ0v) is 28.8. The van der Waals surface area contributed by atoms with Crippen LogP contribution in [0.15, 0.2) is 0 Å². The Morgan fingerprint density at radius 1 is 0.545 bits per heavy atom. The van der Waals surface area contributed by atoms with Gasteiger partial charge in [0.1, 0.15) is 6.10 Å². The molecule has 0 aliphatic heterocycles. The summed E-state index contributed by atoms with van der Waals surface area (Å²) in [4.78, 5) is 26.3. The van der Waals surface area contributed by atoms with Gasteiger partial charge < -0.3 is 22.1 Å². The zero-order valence-electron chi connectivity index (χ0n) is 23.8. The molecule has 0 aromatic carbocycles. The third kappa shape index (κ3) is 17.1. The van der Waals surface area contributed by atoms with Gasteiger partial charge in [-0.2, -0.15) is 0 Å². The quantitative estimate of drug-likeness (QED) is 0.266. The minimum Gasteiger partial charge on any atom is -0.520 e. The van der Waals surface area contributed by atoms with Crippen molar-refractivity contribution in [1.82, 2.24) is 0 Å². The summed E-state index contributed by atoms with van der Waals surface area (Å²) in [6, 6.07) is 0. The van der Waals surface area contributed by atoms with E-state index in [4.69, 9.17) is 22.1 Å². The molecule has 196 valence electrons. The molecule has 0 aromatic heterocycles. The first-order valence-corrected chi connectivity index (χ1v) is 28.8. The molecule has 0 aromatic rings. The molecule has 0 amide bonds. The second-order valence-electron chi connectivity index (χ2n) is 13.4. The molecule has 33 heavy (non-hydrogen) atoms. The molecule has 0 rings (SSSR count). The van der Waals surface area contributed by atoms with Crippen LogP contribution in [0.5, 0.6) is 0 Å². The molecule has 0 radical (unpaired) electrons. The summed E-state index contributed by atoms with van der Waals surface area (Å²) in [5, 5.41) is 0. The summed E-state index contributed by atoms with van der Waals surface area (Å²) in [5.74, 6) is -0.755. The van der Waals surface area contributed by atoms with Crippen molar-refractivity contribution in [3.63, 3.8) is 0 Å². The van der Waals surface area contributed by atoms with Crippen molar-refractivity contribution in [2.24, 2.45) is 0 Å². The Morgan fingerprint density at radius 3 is 1.27 bits per heavy atom. The van der Waals surface area contributed by atoms with Crippen LogP contribution in [-0.2, 0) is 31.7 Å². The highest BCUT2D eigenvalue weighted by atomic mass is 28.4. The lowest BCUT2D eigenvalue weighted by atomic mass is 10.1. The monoisotopic (exact) mass is 554 g/mol. The first-order chi connectivity index (χ1) is 14.3. The summed E-state index contributed by atoms with van der Waals surface area (Å²) in [6.07, 6.45) is -2.37. The topological polar surface area (TPSA) is 80.3 Å². The summed E-state index contributed by atoms with van der Waals surface area (Å²) in [7, 11) is -10.7. The van der Waals surface area contributed by atoms with E-state index in [1.807, 2.05) is 58.9 Å². The van der Waals surface area contributed by atoms with E-state index in [1.165, 1.54) is 0 Å². The average Bonchev–Trinajstić information content (AvgIpc) is 2.42. The number of rotatable bonds is 13. The summed E-state index contributed by atoms with van der Waals surface area (Å²) >= 11 is 0. The molecule has 0 heterocycles. The number of hydrogen-bond donors (Lipinski definition) is 0. The molecule has 0 aliphatic carbocycles. The van der Waals surface area contributed by atoms with Crippen molar-refractivity contribution in [2.75, 3.05) is 0 Å². The fourth-order valence-electron chi connectivity index (χ4n) is 2.96. The predicted octanol–water partition coefficient (Wildman–Crippen LogP) is 5.79. The third-order valence-corrected chi connectivity index (χ3v) is 8.17. The van der Waals surface area contributed by atoms with Crippen molar-refractivity contribution in [3.05, 3.63) is 0 Å². The first kappa shape index (κ1) is 32.9. The maximum atomic E-state index is 13.4. The van der Waals surface area contributed by atoms with Gasteiger partial charge in [-0.3, -0.25) is 9.59 Å². The van der Waals surface area contributed by atoms with Gasteiger partial charge in [-0.05, 0) is 98.2 Å². The molecule has 0 spiro atoms. The van der Waals surface area contributed by atoms with Crippen molar-refractivity contribution >= 4 is 53.5 Å². The van der Waals surface area contributed by atoms with Crippen molar-refractivity contribution < 1.29 is 31.7 Å². The maximum Gasteiger partial charge on any atom is 0.323 e. The molecule has 0 saturated carbocycles. The van der Waals surface area contributed by atoms with Gasteiger partial charge in [0, 0.05) is 0 Å². The number of carbonyl (C=O) groups excluding carboxylic acids is 2. The molecule has 0 saturated heterocycles. The van der Waals surface area contributed by atoms with Crippen LogP contribution < -0.4 is 0 Å². The van der Waals surface area contributed by atoms with Crippen LogP contribution in [-0.4, -0.2) is 71.8 Å². The summed E-state index contributed by atoms with van der Waals surface area (Å²) in [5.41, 5.74) is 0. The number of hydrogen-bond acceptors (Lipinski definition) is 7. The predicted molar refractivity (Wildman–Crippen MR) is 148 cm³/mol. The van der Waals surface area contributed by atoms with Crippen LogP contribution >= 0.6 is 0 Å². The van der Waals surface area contributed by atoms with E-state index in [2.05, 4.69) is 39.3 Å². The molecular weight excluding hydrogens is 505 g/mol. The molecule has 0 bridgehead atoms. The molecular formula is C21H50O7Si5. The van der Waals surface area contributed by atoms with Crippen LogP contribution in [0.25, 0.3) is 0 Å². The van der Waals surface area contributed by atoms with Crippen molar-refractivity contribution in [2.45, 2.75) is 123 Å². The zero-order chi connectivity index (χ0) is 26.6. The fourth-order valence-corrected chi connectivity index (χ4v) is 7.65. The second kappa shape index (κ2) is 11.8. The van der Waals surface area contributed by atoms with Gasteiger partial charge in [0.05, 0.1) is 12.5 Å². The van der Waals surface area contributed by atoms with E-state index in [9.17, 15) is 9.59 Å². The van der Waals surface area contributed by atoms with E-state index in [-0.39, 0.29) is 12.4 Å². The van der Waals surface area contributed by atoms with Crippen LogP contribution in [0.2, 0.25) is 98.2 Å². The summed E-state index contributed by atoms with van der Waals surface area (Å²) in [6.45, 7) is 30.2. The molecule has 3 unspecified atom stereocenters. The van der Waals surface area contributed by atoms with Crippen LogP contribution in [0.3, 0.4) is 0 Å². The van der Waals surface area contributed by atoms with E-state index in [0.29, 0.717) is 0 Å². The average molecular weight is 555 g/mol. The lowest BCUT2D eigenvalue weighted by Gasteiger charge is -2.41. The molecule has 3 atom stereocenters. The van der Waals surface area contributed by atoms with Crippen LogP contribution in [0, 0.1) is 0 Å². The minimum atomic E-state index is -2.18. The molecule has 12 heteroatoms. The number of carbonyl (C=O) groups is 2. The van der Waals surface area contributed by atoms with E-state index in [0.717, 1.165) is 0 Å². The Bertz CT molecular complexity index is 652. The van der Waals surface area contributed by atoms with Crippen LogP contribution in [0.1, 0.15) is 6.42 Å². The fraction of sp³-hybridized carbons (Fsp3) is 0.905. The highest BCUT2D eigenvalue weighted by Gasteiger charge is 2.45. The van der Waals surface area contributed by atoms with Crippen molar-refractivity contribution in [3.8, 4) is 0 Å². The minimum absolute atomic E-state index is 0.00940. The molecule has 0 fully saturated rings. The van der Waals surface area contributed by atoms with E-state index >= 15 is 0 Å². The smallest absolute Gasteiger partial charge is 0.323 e. The van der Waals surface area contributed by atoms with Gasteiger partial charge in [-0.1, -0.05) is 0 Å². The van der Waals surface area contributed by atoms with Gasteiger partial charge in [-0.15, -0.1) is 0 Å². The lowest BCUT2D eigenvalue weighted by Crippen LogP contribution is -2.57. The van der Waals surface area contributed by atoms with Gasteiger partial charge in [0.25, 0.3) is 5.97 Å². The lowest BCUT2D eigenvalue weighted by molar-refractivity contribution is -0.155. The highest BCUT2D eigenvalue weighted by molar-refractivity contribution is 6.72. The standard InChI is InChI=1S/C21H50O7Si5/c1-29(2,3)24-17(16-18(22)25-30(4,5)6)19(26-31(7,8)9)20(27-32(10,11)12)21(23)28-33(13,14)15/h17,19-20H,16H2,1-15H3. The Morgan fingerprint density at radius 2 is 0.939 bits per heavy atom. The highest BCUT2D eigenvalue weighted by Crippen LogP contribution is 2.27. The molecule has 0 N–H and O–H groups in total. The Labute approximate surface area is 207 Å². The van der Waals surface area contributed by atoms with E-state index < -0.39 is 65.9 Å². The SMILES string of the molecule is C[Si](C)(C)OC(=O)CC(O[Si](C)(C)C)C(O[Si](C)(C)C)C(O[Si](C)(C)C)C(=O)O[Si](C)(C)C. The third-order valence-electron chi connectivity index (χ3n) is 3.57. The first-order valence-electron chi connectivity index (χ1n) is 11.8. The maximum absolute atomic E-state index is 13.4. The molecule has 0 aliphatic rings. The van der Waals surface area contributed by atoms with Gasteiger partial charge >= 0.3 is 5.97 Å². The van der Waals surface area contributed by atoms with Crippen molar-refractivity contribution in [1.29, 1.82) is 0 Å². The molecule has 7 nitrogen and oxygen atoms in total. The Kier molecular flexibility index (Phi) is 11.7. The van der Waals surface area contributed by atoms with Gasteiger partial charge in [0.2, 0.25) is 16.6 Å². The van der Waals surface area contributed by atoms with Gasteiger partial charge in [0.15, 0.2) is 31.1 Å². The summed E-state index contributed by atoms with van der Waals surface area (Å²) < 4.78 is 31.1. The Hall–Kier alpha value is -0.0956. The normalized spacial score (nSPS) is 16.7. The largest absolute Gasteiger partial charge is 0.520 e. The van der Waals surface area contributed by atoms with E-state index in [1.54, 1.807) is 0 Å². The van der Waals surface area contributed by atoms with Crippen LogP contribution in [0.4, 0.5) is 0 Å². The Balaban J connectivity index is 6.48.